The van der Waals surface area contributed by atoms with Gasteiger partial charge in [-0.15, -0.1) is 0 Å². The summed E-state index contributed by atoms with van der Waals surface area (Å²) in [4.78, 5) is 14.6. The van der Waals surface area contributed by atoms with Gasteiger partial charge in [0, 0.05) is 11.2 Å². The maximum atomic E-state index is 12.8. The number of halogens is 2. The van der Waals surface area contributed by atoms with E-state index in [0.29, 0.717) is 11.6 Å². The predicted octanol–water partition coefficient (Wildman–Crippen LogP) is 2.21. The summed E-state index contributed by atoms with van der Waals surface area (Å²) in [5.74, 6) is -0.579. The van der Waals surface area contributed by atoms with Gasteiger partial charge in [0.2, 0.25) is 0 Å². The molecule has 0 aliphatic rings. The van der Waals surface area contributed by atoms with Gasteiger partial charge in [-0.1, -0.05) is 23.7 Å². The van der Waals surface area contributed by atoms with Gasteiger partial charge in [0.15, 0.2) is 5.82 Å². The molecule has 2 aromatic rings. The van der Waals surface area contributed by atoms with Crippen molar-refractivity contribution in [3.63, 3.8) is 0 Å². The quantitative estimate of drug-likeness (QED) is 0.854. The largest absolute Gasteiger partial charge is 0.356 e. The molecule has 94 valence electrons. The molecule has 0 aliphatic carbocycles. The van der Waals surface area contributed by atoms with Gasteiger partial charge >= 0.3 is 5.69 Å². The molecule has 0 spiro atoms. The SMILES string of the molecule is O=c1ncc(F)cn1COCc1ccc(Cl)cc1. The van der Waals surface area contributed by atoms with Crippen LogP contribution >= 0.6 is 11.6 Å². The van der Waals surface area contributed by atoms with E-state index in [9.17, 15) is 9.18 Å². The lowest BCUT2D eigenvalue weighted by atomic mass is 10.2. The first-order chi connectivity index (χ1) is 8.65. The highest BCUT2D eigenvalue weighted by atomic mass is 35.5. The minimum Gasteiger partial charge on any atom is -0.356 e. The molecule has 0 amide bonds. The van der Waals surface area contributed by atoms with Gasteiger partial charge in [0.1, 0.15) is 6.73 Å². The van der Waals surface area contributed by atoms with Gasteiger partial charge in [0.05, 0.1) is 12.8 Å². The fraction of sp³-hybridized carbons (Fsp3) is 0.167. The van der Waals surface area contributed by atoms with Crippen molar-refractivity contribution in [2.75, 3.05) is 0 Å². The van der Waals surface area contributed by atoms with Crippen LogP contribution in [0.3, 0.4) is 0 Å². The summed E-state index contributed by atoms with van der Waals surface area (Å²) in [6.45, 7) is 0.256. The van der Waals surface area contributed by atoms with E-state index in [4.69, 9.17) is 16.3 Å². The van der Waals surface area contributed by atoms with E-state index in [0.717, 1.165) is 22.5 Å². The Morgan fingerprint density at radius 3 is 2.78 bits per heavy atom. The van der Waals surface area contributed by atoms with Gasteiger partial charge in [0.25, 0.3) is 0 Å². The van der Waals surface area contributed by atoms with E-state index in [-0.39, 0.29) is 6.73 Å². The molecule has 1 aromatic carbocycles. The first kappa shape index (κ1) is 12.7. The molecule has 0 radical (unpaired) electrons. The van der Waals surface area contributed by atoms with Crippen LogP contribution in [-0.2, 0) is 18.1 Å². The number of ether oxygens (including phenoxy) is 1. The highest BCUT2D eigenvalue weighted by molar-refractivity contribution is 6.30. The van der Waals surface area contributed by atoms with Crippen molar-refractivity contribution in [1.82, 2.24) is 9.55 Å². The van der Waals surface area contributed by atoms with Crippen LogP contribution in [0.2, 0.25) is 5.02 Å². The van der Waals surface area contributed by atoms with Crippen molar-refractivity contribution in [1.29, 1.82) is 0 Å². The summed E-state index contributed by atoms with van der Waals surface area (Å²) >= 11 is 5.74. The van der Waals surface area contributed by atoms with Crippen LogP contribution in [0.4, 0.5) is 4.39 Å². The lowest BCUT2D eigenvalue weighted by Gasteiger charge is -2.06. The summed E-state index contributed by atoms with van der Waals surface area (Å²) in [7, 11) is 0. The van der Waals surface area contributed by atoms with Crippen LogP contribution in [-0.4, -0.2) is 9.55 Å². The Bertz CT molecular complexity index is 583. The molecule has 6 heteroatoms. The number of aromatic nitrogens is 2. The molecule has 2 rings (SSSR count). The minimum atomic E-state index is -0.579. The van der Waals surface area contributed by atoms with Crippen molar-refractivity contribution in [2.45, 2.75) is 13.3 Å². The van der Waals surface area contributed by atoms with Crippen LogP contribution in [0, 0.1) is 5.82 Å². The molecule has 1 heterocycles. The molecule has 0 unspecified atom stereocenters. The summed E-state index contributed by atoms with van der Waals surface area (Å²) in [6.07, 6.45) is 1.93. The second kappa shape index (κ2) is 5.75. The normalized spacial score (nSPS) is 10.6. The third-order valence-electron chi connectivity index (χ3n) is 2.24. The maximum absolute atomic E-state index is 12.8. The molecule has 0 N–H and O–H groups in total. The standard InChI is InChI=1S/C12H10ClFN2O2/c13-10-3-1-9(2-4-10)7-18-8-16-6-11(14)5-15-12(16)17/h1-6H,7-8H2. The number of rotatable bonds is 4. The highest BCUT2D eigenvalue weighted by Crippen LogP contribution is 2.10. The van der Waals surface area contributed by atoms with Crippen molar-refractivity contribution >= 4 is 11.6 Å². The van der Waals surface area contributed by atoms with E-state index >= 15 is 0 Å². The molecule has 0 atom stereocenters. The molecule has 0 aliphatic heterocycles. The second-order valence-electron chi connectivity index (χ2n) is 3.63. The fourth-order valence-corrected chi connectivity index (χ4v) is 1.49. The van der Waals surface area contributed by atoms with E-state index in [1.807, 2.05) is 12.1 Å². The smallest absolute Gasteiger partial charge is 0.349 e. The van der Waals surface area contributed by atoms with Crippen LogP contribution < -0.4 is 5.69 Å². The predicted molar refractivity (Wildman–Crippen MR) is 64.7 cm³/mol. The minimum absolute atomic E-state index is 0.0494. The average Bonchev–Trinajstić information content (AvgIpc) is 2.36. The average molecular weight is 269 g/mol. The zero-order valence-corrected chi connectivity index (χ0v) is 10.1. The van der Waals surface area contributed by atoms with Gasteiger partial charge in [-0.2, -0.15) is 4.98 Å². The fourth-order valence-electron chi connectivity index (χ4n) is 1.36. The van der Waals surface area contributed by atoms with Crippen LogP contribution in [0.5, 0.6) is 0 Å². The lowest BCUT2D eigenvalue weighted by molar-refractivity contribution is 0.0602. The highest BCUT2D eigenvalue weighted by Gasteiger charge is 2.00. The molecular weight excluding hydrogens is 259 g/mol. The molecule has 4 nitrogen and oxygen atoms in total. The number of benzene rings is 1. The van der Waals surface area contributed by atoms with Gasteiger partial charge in [-0.25, -0.2) is 9.18 Å². The molecular formula is C12H10ClFN2O2. The first-order valence-corrected chi connectivity index (χ1v) is 5.57. The van der Waals surface area contributed by atoms with Crippen LogP contribution in [0.1, 0.15) is 5.56 Å². The molecule has 1 aromatic heterocycles. The van der Waals surface area contributed by atoms with E-state index in [1.165, 1.54) is 0 Å². The Kier molecular flexibility index (Phi) is 4.07. The zero-order valence-electron chi connectivity index (χ0n) is 9.35. The summed E-state index contributed by atoms with van der Waals surface area (Å²) in [5.41, 5.74) is 0.365. The van der Waals surface area contributed by atoms with Gasteiger partial charge in [-0.3, -0.25) is 4.57 Å². The zero-order chi connectivity index (χ0) is 13.0. The topological polar surface area (TPSA) is 44.1 Å². The molecule has 18 heavy (non-hydrogen) atoms. The van der Waals surface area contributed by atoms with Crippen LogP contribution in [0.25, 0.3) is 0 Å². The van der Waals surface area contributed by atoms with Crippen molar-refractivity contribution < 1.29 is 9.13 Å². The molecule has 0 fully saturated rings. The van der Waals surface area contributed by atoms with Gasteiger partial charge in [-0.05, 0) is 17.7 Å². The van der Waals surface area contributed by atoms with Crippen molar-refractivity contribution in [3.05, 3.63) is 63.5 Å². The Labute approximate surface area is 108 Å². The lowest BCUT2D eigenvalue weighted by Crippen LogP contribution is -2.23. The van der Waals surface area contributed by atoms with E-state index in [1.54, 1.807) is 12.1 Å². The monoisotopic (exact) mass is 268 g/mol. The molecule has 0 saturated heterocycles. The Morgan fingerprint density at radius 2 is 2.06 bits per heavy atom. The third-order valence-corrected chi connectivity index (χ3v) is 2.49. The Morgan fingerprint density at radius 1 is 1.33 bits per heavy atom. The van der Waals surface area contributed by atoms with E-state index < -0.39 is 11.5 Å². The third kappa shape index (κ3) is 3.38. The molecule has 0 saturated carbocycles. The van der Waals surface area contributed by atoms with Gasteiger partial charge < -0.3 is 4.74 Å². The molecule has 0 bridgehead atoms. The van der Waals surface area contributed by atoms with E-state index in [2.05, 4.69) is 4.98 Å². The summed E-state index contributed by atoms with van der Waals surface area (Å²) in [5, 5.41) is 0.643. The number of nitrogens with zero attached hydrogens (tertiary/aromatic N) is 2. The number of hydrogen-bond donors (Lipinski definition) is 0. The summed E-state index contributed by atoms with van der Waals surface area (Å²) < 4.78 is 19.2. The second-order valence-corrected chi connectivity index (χ2v) is 4.07. The first-order valence-electron chi connectivity index (χ1n) is 5.19. The Hall–Kier alpha value is -1.72. The van der Waals surface area contributed by atoms with Crippen molar-refractivity contribution in [2.24, 2.45) is 0 Å². The summed E-state index contributed by atoms with van der Waals surface area (Å²) in [6, 6.07) is 7.12. The number of hydrogen-bond acceptors (Lipinski definition) is 3. The van der Waals surface area contributed by atoms with Crippen molar-refractivity contribution in [3.8, 4) is 0 Å². The maximum Gasteiger partial charge on any atom is 0.349 e. The van der Waals surface area contributed by atoms with Crippen LogP contribution in [0.15, 0.2) is 41.5 Å². The Balaban J connectivity index is 1.94.